The molecule has 24 heavy (non-hydrogen) atoms. The first-order valence-corrected chi connectivity index (χ1v) is 8.58. The van der Waals surface area contributed by atoms with Gasteiger partial charge in [0.2, 0.25) is 0 Å². The van der Waals surface area contributed by atoms with E-state index in [0.717, 1.165) is 37.0 Å². The Morgan fingerprint density at radius 1 is 1.29 bits per heavy atom. The maximum absolute atomic E-state index is 12.9. The molecule has 0 spiro atoms. The van der Waals surface area contributed by atoms with Crippen LogP contribution < -0.4 is 10.6 Å². The van der Waals surface area contributed by atoms with Crippen molar-refractivity contribution in [3.05, 3.63) is 35.6 Å². The highest BCUT2D eigenvalue weighted by molar-refractivity contribution is 14.0. The van der Waals surface area contributed by atoms with Gasteiger partial charge in [0.05, 0.1) is 0 Å². The summed E-state index contributed by atoms with van der Waals surface area (Å²) in [5, 5.41) is 6.59. The van der Waals surface area contributed by atoms with Gasteiger partial charge in [0.1, 0.15) is 5.82 Å². The normalized spacial score (nSPS) is 18.8. The van der Waals surface area contributed by atoms with Crippen LogP contribution in [0.25, 0.3) is 0 Å². The van der Waals surface area contributed by atoms with Gasteiger partial charge in [0, 0.05) is 26.7 Å². The Bertz CT molecular complexity index is 492. The summed E-state index contributed by atoms with van der Waals surface area (Å²) < 4.78 is 12.9. The Morgan fingerprint density at radius 3 is 2.71 bits per heavy atom. The van der Waals surface area contributed by atoms with E-state index in [-0.39, 0.29) is 29.8 Å². The highest BCUT2D eigenvalue weighted by atomic mass is 127. The van der Waals surface area contributed by atoms with Crippen molar-refractivity contribution in [1.29, 1.82) is 0 Å². The van der Waals surface area contributed by atoms with Gasteiger partial charge in [0.15, 0.2) is 5.96 Å². The number of rotatable bonds is 6. The average molecular weight is 448 g/mol. The lowest BCUT2D eigenvalue weighted by Crippen LogP contribution is -2.39. The molecule has 136 valence electrons. The molecule has 4 nitrogen and oxygen atoms in total. The maximum atomic E-state index is 12.9. The summed E-state index contributed by atoms with van der Waals surface area (Å²) in [5.41, 5.74) is 1.04. The number of nitrogens with zero attached hydrogens (tertiary/aromatic N) is 2. The van der Waals surface area contributed by atoms with Gasteiger partial charge in [-0.3, -0.25) is 4.99 Å². The van der Waals surface area contributed by atoms with Gasteiger partial charge >= 0.3 is 0 Å². The number of benzene rings is 1. The lowest BCUT2D eigenvalue weighted by Gasteiger charge is -2.30. The van der Waals surface area contributed by atoms with Crippen molar-refractivity contribution in [3.63, 3.8) is 0 Å². The number of aliphatic imine (C=N–C) groups is 1. The second-order valence-corrected chi connectivity index (χ2v) is 6.38. The third-order valence-electron chi connectivity index (χ3n) is 4.28. The molecule has 1 aromatic carbocycles. The van der Waals surface area contributed by atoms with Crippen LogP contribution in [-0.4, -0.2) is 44.1 Å². The molecule has 0 amide bonds. The molecule has 1 aliphatic heterocycles. The number of nitrogens with one attached hydrogen (secondary N) is 2. The molecule has 1 fully saturated rings. The molecule has 2 N–H and O–H groups in total. The Labute approximate surface area is 162 Å². The molecule has 0 aliphatic carbocycles. The molecule has 0 saturated carbocycles. The maximum Gasteiger partial charge on any atom is 0.191 e. The summed E-state index contributed by atoms with van der Waals surface area (Å²) in [6.45, 7) is 7.51. The van der Waals surface area contributed by atoms with Crippen LogP contribution in [0.4, 0.5) is 4.39 Å². The molecule has 1 aliphatic rings. The van der Waals surface area contributed by atoms with Crippen LogP contribution in [0.2, 0.25) is 0 Å². The van der Waals surface area contributed by atoms with Crippen LogP contribution in [0.3, 0.4) is 0 Å². The smallest absolute Gasteiger partial charge is 0.191 e. The number of halogens is 2. The van der Waals surface area contributed by atoms with E-state index >= 15 is 0 Å². The summed E-state index contributed by atoms with van der Waals surface area (Å²) in [6.07, 6.45) is 3.81. The predicted molar refractivity (Wildman–Crippen MR) is 109 cm³/mol. The monoisotopic (exact) mass is 448 g/mol. The predicted octanol–water partition coefficient (Wildman–Crippen LogP) is 3.23. The second-order valence-electron chi connectivity index (χ2n) is 6.38. The van der Waals surface area contributed by atoms with Crippen molar-refractivity contribution in [3.8, 4) is 0 Å². The third-order valence-corrected chi connectivity index (χ3v) is 4.28. The number of guanidine groups is 1. The van der Waals surface area contributed by atoms with Crippen LogP contribution in [0.1, 0.15) is 31.7 Å². The zero-order valence-corrected chi connectivity index (χ0v) is 17.1. The van der Waals surface area contributed by atoms with Crippen molar-refractivity contribution in [2.45, 2.75) is 32.7 Å². The first kappa shape index (κ1) is 21.2. The van der Waals surface area contributed by atoms with Crippen LogP contribution >= 0.6 is 24.0 Å². The molecule has 1 saturated heterocycles. The standard InChI is InChI=1S/C18H29FN4.HI/c1-15-5-3-11-23(14-15)12-4-10-21-18(20-2)22-13-16-6-8-17(19)9-7-16;/h6-9,15H,3-5,10-14H2,1-2H3,(H2,20,21,22);1H. The van der Waals surface area contributed by atoms with Crippen LogP contribution in [0, 0.1) is 11.7 Å². The lowest BCUT2D eigenvalue weighted by molar-refractivity contribution is 0.182. The van der Waals surface area contributed by atoms with Crippen molar-refractivity contribution in [1.82, 2.24) is 15.5 Å². The lowest BCUT2D eigenvalue weighted by atomic mass is 10.0. The fraction of sp³-hybridized carbons (Fsp3) is 0.611. The van der Waals surface area contributed by atoms with Gasteiger partial charge in [-0.1, -0.05) is 19.1 Å². The molecular formula is C18H30FIN4. The number of hydrogen-bond donors (Lipinski definition) is 2. The van der Waals surface area contributed by atoms with Gasteiger partial charge in [-0.05, 0) is 56.0 Å². The Morgan fingerprint density at radius 2 is 2.04 bits per heavy atom. The van der Waals surface area contributed by atoms with E-state index in [1.165, 1.54) is 38.1 Å². The summed E-state index contributed by atoms with van der Waals surface area (Å²) in [5.74, 6) is 1.42. The Balaban J connectivity index is 0.00000288. The van der Waals surface area contributed by atoms with E-state index in [1.807, 2.05) is 0 Å². The van der Waals surface area contributed by atoms with Crippen molar-refractivity contribution < 1.29 is 4.39 Å². The fourth-order valence-electron chi connectivity index (χ4n) is 3.01. The number of hydrogen-bond acceptors (Lipinski definition) is 2. The van der Waals surface area contributed by atoms with Crippen molar-refractivity contribution >= 4 is 29.9 Å². The molecule has 0 bridgehead atoms. The second kappa shape index (κ2) is 11.6. The van der Waals surface area contributed by atoms with E-state index in [0.29, 0.717) is 6.54 Å². The largest absolute Gasteiger partial charge is 0.356 e. The molecule has 1 aromatic rings. The molecule has 1 heterocycles. The third kappa shape index (κ3) is 7.79. The zero-order valence-electron chi connectivity index (χ0n) is 14.7. The summed E-state index contributed by atoms with van der Waals surface area (Å²) >= 11 is 0. The van der Waals surface area contributed by atoms with Gasteiger partial charge < -0.3 is 15.5 Å². The Kier molecular flexibility index (Phi) is 10.2. The van der Waals surface area contributed by atoms with E-state index in [9.17, 15) is 4.39 Å². The quantitative estimate of drug-likeness (QED) is 0.304. The molecular weight excluding hydrogens is 418 g/mol. The van der Waals surface area contributed by atoms with Crippen LogP contribution in [0.5, 0.6) is 0 Å². The summed E-state index contributed by atoms with van der Waals surface area (Å²) in [4.78, 5) is 6.78. The van der Waals surface area contributed by atoms with E-state index in [1.54, 1.807) is 19.2 Å². The van der Waals surface area contributed by atoms with Gasteiger partial charge in [0.25, 0.3) is 0 Å². The van der Waals surface area contributed by atoms with Gasteiger partial charge in [-0.2, -0.15) is 0 Å². The van der Waals surface area contributed by atoms with Crippen molar-refractivity contribution in [2.24, 2.45) is 10.9 Å². The number of likely N-dealkylation sites (tertiary alicyclic amines) is 1. The first-order valence-electron chi connectivity index (χ1n) is 8.58. The zero-order chi connectivity index (χ0) is 16.5. The average Bonchev–Trinajstić information content (AvgIpc) is 2.56. The van der Waals surface area contributed by atoms with Crippen LogP contribution in [-0.2, 0) is 6.54 Å². The van der Waals surface area contributed by atoms with E-state index < -0.39 is 0 Å². The Hall–Kier alpha value is -0.890. The van der Waals surface area contributed by atoms with Gasteiger partial charge in [-0.15, -0.1) is 24.0 Å². The minimum Gasteiger partial charge on any atom is -0.356 e. The summed E-state index contributed by atoms with van der Waals surface area (Å²) in [7, 11) is 1.77. The van der Waals surface area contributed by atoms with E-state index in [2.05, 4.69) is 27.4 Å². The molecule has 0 radical (unpaired) electrons. The van der Waals surface area contributed by atoms with E-state index in [4.69, 9.17) is 0 Å². The number of piperidine rings is 1. The van der Waals surface area contributed by atoms with Crippen molar-refractivity contribution in [2.75, 3.05) is 33.2 Å². The minimum atomic E-state index is -0.205. The first-order chi connectivity index (χ1) is 11.2. The SMILES string of the molecule is CN=C(NCCCN1CCCC(C)C1)NCc1ccc(F)cc1.I. The minimum absolute atomic E-state index is 0. The highest BCUT2D eigenvalue weighted by Gasteiger charge is 2.15. The van der Waals surface area contributed by atoms with Gasteiger partial charge in [-0.25, -0.2) is 4.39 Å². The topological polar surface area (TPSA) is 39.7 Å². The fourth-order valence-corrected chi connectivity index (χ4v) is 3.01. The summed E-state index contributed by atoms with van der Waals surface area (Å²) in [6, 6.07) is 6.53. The molecule has 2 rings (SSSR count). The van der Waals surface area contributed by atoms with Crippen LogP contribution in [0.15, 0.2) is 29.3 Å². The molecule has 1 atom stereocenters. The molecule has 0 aromatic heterocycles. The molecule has 6 heteroatoms. The highest BCUT2D eigenvalue weighted by Crippen LogP contribution is 2.15. The molecule has 1 unspecified atom stereocenters.